The molecule has 0 bridgehead atoms. The zero-order chi connectivity index (χ0) is 16.6. The summed E-state index contributed by atoms with van der Waals surface area (Å²) in [5.74, 6) is 0. The van der Waals surface area contributed by atoms with Crippen LogP contribution in [0.3, 0.4) is 0 Å². The Morgan fingerprint density at radius 2 is 2.04 bits per heavy atom. The minimum absolute atomic E-state index is 0.125. The van der Waals surface area contributed by atoms with E-state index >= 15 is 0 Å². The molecule has 1 amide bonds. The number of hydrogen-bond donors (Lipinski definition) is 1. The van der Waals surface area contributed by atoms with Crippen LogP contribution in [0.1, 0.15) is 39.7 Å². The number of nitrogens with zero attached hydrogens (tertiary/aromatic N) is 3. The van der Waals surface area contributed by atoms with Crippen LogP contribution in [0.4, 0.5) is 4.79 Å². The molecule has 7 heteroatoms. The highest BCUT2D eigenvalue weighted by atomic mass is 16.6. The summed E-state index contributed by atoms with van der Waals surface area (Å²) in [5.41, 5.74) is 0.0968. The second-order valence-corrected chi connectivity index (χ2v) is 6.89. The van der Waals surface area contributed by atoms with E-state index in [1.54, 1.807) is 11.0 Å². The van der Waals surface area contributed by atoms with Gasteiger partial charge >= 0.3 is 6.09 Å². The first-order valence-corrected chi connectivity index (χ1v) is 7.87. The van der Waals surface area contributed by atoms with Crippen LogP contribution in [-0.2, 0) is 4.74 Å². The first-order chi connectivity index (χ1) is 10.8. The number of piperidine rings is 1. The Morgan fingerprint density at radius 1 is 1.35 bits per heavy atom. The fraction of sp³-hybridized carbons (Fsp3) is 0.562. The summed E-state index contributed by atoms with van der Waals surface area (Å²) in [6.45, 7) is 6.89. The Kier molecular flexibility index (Phi) is 3.87. The van der Waals surface area contributed by atoms with Gasteiger partial charge in [0.25, 0.3) is 5.56 Å². The molecule has 1 aliphatic heterocycles. The van der Waals surface area contributed by atoms with Crippen LogP contribution in [0.15, 0.2) is 23.4 Å². The van der Waals surface area contributed by atoms with Crippen molar-refractivity contribution in [2.24, 2.45) is 0 Å². The highest BCUT2D eigenvalue weighted by Gasteiger charge is 2.28. The Bertz CT molecular complexity index is 763. The lowest BCUT2D eigenvalue weighted by Gasteiger charge is -2.34. The van der Waals surface area contributed by atoms with Crippen LogP contribution >= 0.6 is 0 Å². The third-order valence-electron chi connectivity index (χ3n) is 4.02. The van der Waals surface area contributed by atoms with Crippen LogP contribution in [0.25, 0.3) is 11.0 Å². The van der Waals surface area contributed by atoms with E-state index in [1.807, 2.05) is 31.5 Å². The van der Waals surface area contributed by atoms with E-state index in [1.165, 1.54) is 6.33 Å². The maximum Gasteiger partial charge on any atom is 0.410 e. The van der Waals surface area contributed by atoms with E-state index < -0.39 is 5.60 Å². The number of aromatic amines is 1. The first kappa shape index (κ1) is 15.6. The van der Waals surface area contributed by atoms with Gasteiger partial charge in [0.05, 0.1) is 11.7 Å². The van der Waals surface area contributed by atoms with E-state index in [4.69, 9.17) is 4.74 Å². The van der Waals surface area contributed by atoms with Crippen molar-refractivity contribution in [1.29, 1.82) is 0 Å². The average molecular weight is 318 g/mol. The topological polar surface area (TPSA) is 80.2 Å². The highest BCUT2D eigenvalue weighted by Crippen LogP contribution is 2.26. The standard InChI is InChI=1S/C16H22N4O3/c1-16(2,3)23-15(22)19-7-4-11(5-8-19)20-9-6-12-13(20)17-10-18-14(12)21/h6,9-11H,4-5,7-8H2,1-3H3,(H,17,18,21). The number of carbonyl (C=O) groups excluding carboxylic acids is 1. The molecule has 1 aliphatic rings. The number of likely N-dealkylation sites (tertiary alicyclic amines) is 1. The fourth-order valence-corrected chi connectivity index (χ4v) is 2.93. The lowest BCUT2D eigenvalue weighted by molar-refractivity contribution is 0.0189. The molecule has 0 aliphatic carbocycles. The van der Waals surface area contributed by atoms with Gasteiger partial charge in [-0.15, -0.1) is 0 Å². The summed E-state index contributed by atoms with van der Waals surface area (Å²) >= 11 is 0. The van der Waals surface area contributed by atoms with Gasteiger partial charge in [0.1, 0.15) is 11.2 Å². The third-order valence-corrected chi connectivity index (χ3v) is 4.02. The lowest BCUT2D eigenvalue weighted by atomic mass is 10.1. The van der Waals surface area contributed by atoms with Crippen molar-refractivity contribution in [3.8, 4) is 0 Å². The molecular formula is C16H22N4O3. The SMILES string of the molecule is CC(C)(C)OC(=O)N1CCC(n2ccc3c(=O)[nH]cnc32)CC1. The molecule has 2 aromatic heterocycles. The summed E-state index contributed by atoms with van der Waals surface area (Å²) in [6, 6.07) is 2.03. The van der Waals surface area contributed by atoms with Crippen molar-refractivity contribution in [2.75, 3.05) is 13.1 Å². The van der Waals surface area contributed by atoms with Gasteiger partial charge in [-0.3, -0.25) is 4.79 Å². The van der Waals surface area contributed by atoms with E-state index in [0.29, 0.717) is 24.1 Å². The maximum atomic E-state index is 12.1. The van der Waals surface area contributed by atoms with Gasteiger partial charge < -0.3 is 19.2 Å². The summed E-state index contributed by atoms with van der Waals surface area (Å²) < 4.78 is 7.45. The van der Waals surface area contributed by atoms with Crippen LogP contribution < -0.4 is 5.56 Å². The van der Waals surface area contributed by atoms with E-state index in [-0.39, 0.29) is 17.7 Å². The van der Waals surface area contributed by atoms with Crippen molar-refractivity contribution < 1.29 is 9.53 Å². The van der Waals surface area contributed by atoms with Crippen LogP contribution in [-0.4, -0.2) is 44.2 Å². The molecule has 23 heavy (non-hydrogen) atoms. The maximum absolute atomic E-state index is 12.1. The smallest absolute Gasteiger partial charge is 0.410 e. The second-order valence-electron chi connectivity index (χ2n) is 6.89. The van der Waals surface area contributed by atoms with Crippen LogP contribution in [0.5, 0.6) is 0 Å². The summed E-state index contributed by atoms with van der Waals surface area (Å²) in [6.07, 6.45) is 4.70. The van der Waals surface area contributed by atoms with Crippen molar-refractivity contribution >= 4 is 17.1 Å². The Morgan fingerprint density at radius 3 is 2.70 bits per heavy atom. The molecule has 0 unspecified atom stereocenters. The molecule has 0 atom stereocenters. The zero-order valence-electron chi connectivity index (χ0n) is 13.7. The molecule has 1 fully saturated rings. The molecule has 1 saturated heterocycles. The highest BCUT2D eigenvalue weighted by molar-refractivity contribution is 5.74. The minimum Gasteiger partial charge on any atom is -0.444 e. The molecule has 3 rings (SSSR count). The third kappa shape index (κ3) is 3.23. The Balaban J connectivity index is 1.70. The van der Waals surface area contributed by atoms with Gasteiger partial charge in [0.2, 0.25) is 0 Å². The van der Waals surface area contributed by atoms with E-state index in [2.05, 4.69) is 9.97 Å². The molecule has 124 valence electrons. The number of rotatable bonds is 1. The van der Waals surface area contributed by atoms with Gasteiger partial charge in [-0.05, 0) is 39.7 Å². The van der Waals surface area contributed by atoms with E-state index in [0.717, 1.165) is 12.8 Å². The first-order valence-electron chi connectivity index (χ1n) is 7.87. The molecule has 2 aromatic rings. The number of aromatic nitrogens is 3. The van der Waals surface area contributed by atoms with Gasteiger partial charge in [-0.2, -0.15) is 0 Å². The van der Waals surface area contributed by atoms with Gasteiger partial charge in [-0.25, -0.2) is 9.78 Å². The molecule has 7 nitrogen and oxygen atoms in total. The Hall–Kier alpha value is -2.31. The molecule has 0 aromatic carbocycles. The molecule has 1 N–H and O–H groups in total. The van der Waals surface area contributed by atoms with Crippen LogP contribution in [0.2, 0.25) is 0 Å². The van der Waals surface area contributed by atoms with Crippen molar-refractivity contribution in [3.05, 3.63) is 28.9 Å². The lowest BCUT2D eigenvalue weighted by Crippen LogP contribution is -2.42. The summed E-state index contributed by atoms with van der Waals surface area (Å²) in [5, 5.41) is 0.599. The number of fused-ring (bicyclic) bond motifs is 1. The molecule has 0 saturated carbocycles. The second kappa shape index (κ2) is 5.72. The summed E-state index contributed by atoms with van der Waals surface area (Å²) in [7, 11) is 0. The number of carbonyl (C=O) groups is 1. The van der Waals surface area contributed by atoms with Gasteiger partial charge in [-0.1, -0.05) is 0 Å². The number of H-pyrrole nitrogens is 1. The molecular weight excluding hydrogens is 296 g/mol. The Labute approximate surface area is 134 Å². The zero-order valence-corrected chi connectivity index (χ0v) is 13.7. The van der Waals surface area contributed by atoms with Gasteiger partial charge in [0.15, 0.2) is 0 Å². The number of nitrogens with one attached hydrogen (secondary N) is 1. The van der Waals surface area contributed by atoms with Crippen molar-refractivity contribution in [1.82, 2.24) is 19.4 Å². The fourth-order valence-electron chi connectivity index (χ4n) is 2.93. The average Bonchev–Trinajstić information content (AvgIpc) is 2.91. The van der Waals surface area contributed by atoms with Gasteiger partial charge in [0, 0.05) is 25.3 Å². The molecule has 3 heterocycles. The van der Waals surface area contributed by atoms with E-state index in [9.17, 15) is 9.59 Å². The monoisotopic (exact) mass is 318 g/mol. The van der Waals surface area contributed by atoms with Crippen molar-refractivity contribution in [2.45, 2.75) is 45.3 Å². The van der Waals surface area contributed by atoms with Crippen molar-refractivity contribution in [3.63, 3.8) is 0 Å². The normalized spacial score (nSPS) is 16.7. The predicted molar refractivity (Wildman–Crippen MR) is 86.4 cm³/mol. The minimum atomic E-state index is -0.477. The number of ether oxygens (including phenoxy) is 1. The summed E-state index contributed by atoms with van der Waals surface area (Å²) in [4.78, 5) is 32.5. The quantitative estimate of drug-likeness (QED) is 0.875. The van der Waals surface area contributed by atoms with Crippen LogP contribution in [0, 0.1) is 0 Å². The largest absolute Gasteiger partial charge is 0.444 e. The number of amides is 1. The molecule has 0 radical (unpaired) electrons. The molecule has 0 spiro atoms. The predicted octanol–water partition coefficient (Wildman–Crippen LogP) is 2.30. The number of hydrogen-bond acceptors (Lipinski definition) is 4.